The Bertz CT molecular complexity index is 138. The van der Waals surface area contributed by atoms with E-state index in [2.05, 4.69) is 0 Å². The van der Waals surface area contributed by atoms with Crippen LogP contribution in [0.2, 0.25) is 0 Å². The normalized spacial score (nSPS) is 10.3. The zero-order chi connectivity index (χ0) is 7.44. The van der Waals surface area contributed by atoms with Gasteiger partial charge in [-0.15, -0.1) is 0 Å². The molecule has 4 N–H and O–H groups in total. The van der Waals surface area contributed by atoms with Crippen LogP contribution in [0.25, 0.3) is 0 Å². The van der Waals surface area contributed by atoms with Crippen molar-refractivity contribution >= 4 is 49.7 Å². The van der Waals surface area contributed by atoms with Crippen LogP contribution in [0.15, 0.2) is 0 Å². The fraction of sp³-hybridized carbons (Fsp3) is 0.500. The van der Waals surface area contributed by atoms with Crippen LogP contribution in [-0.2, 0) is 9.59 Å². The van der Waals surface area contributed by atoms with Gasteiger partial charge in [-0.2, -0.15) is 0 Å². The third-order valence-electron chi connectivity index (χ3n) is 0.689. The van der Waals surface area contributed by atoms with Gasteiger partial charge in [0.2, 0.25) is 0 Å². The van der Waals surface area contributed by atoms with E-state index in [0.717, 1.165) is 0 Å². The Hall–Kier alpha value is 0.120. The molecule has 0 aliphatic rings. The van der Waals surface area contributed by atoms with E-state index in [1.54, 1.807) is 0 Å². The Labute approximate surface area is 92.7 Å². The van der Waals surface area contributed by atoms with Crippen LogP contribution >= 0.6 is 0 Å². The number of carboxylic acids is 2. The number of nitrogens with two attached hydrogens (primary N) is 1. The maximum atomic E-state index is 9.71. The van der Waals surface area contributed by atoms with E-state index in [4.69, 9.17) is 5.73 Å². The summed E-state index contributed by atoms with van der Waals surface area (Å²) in [6, 6.07) is -1.46. The minimum Gasteiger partial charge on any atom is -0.550 e. The molecule has 0 aliphatic carbocycles. The molecule has 1 atom stereocenters. The molecule has 60 valence electrons. The first kappa shape index (κ1) is 17.3. The first-order chi connectivity index (χ1) is 4.04. The summed E-state index contributed by atoms with van der Waals surface area (Å²) in [6.45, 7) is 0. The van der Waals surface area contributed by atoms with Crippen LogP contribution in [0.4, 0.5) is 0 Å². The SMILES string of the molecule is N[C@H](CC(=O)[O-])C(=O)[O-].O.[Ca+2]. The molecule has 6 nitrogen and oxygen atoms in total. The Morgan fingerprint density at radius 2 is 1.73 bits per heavy atom. The van der Waals surface area contributed by atoms with Crippen molar-refractivity contribution < 1.29 is 25.3 Å². The summed E-state index contributed by atoms with van der Waals surface area (Å²) < 4.78 is 0. The predicted molar refractivity (Wildman–Crippen MR) is 32.0 cm³/mol. The summed E-state index contributed by atoms with van der Waals surface area (Å²) in [5, 5.41) is 19.3. The molecule has 0 saturated heterocycles. The van der Waals surface area contributed by atoms with Gasteiger partial charge in [0.1, 0.15) is 0 Å². The van der Waals surface area contributed by atoms with Crippen LogP contribution in [0.1, 0.15) is 6.42 Å². The molecule has 0 radical (unpaired) electrons. The van der Waals surface area contributed by atoms with Crippen LogP contribution in [0.5, 0.6) is 0 Å². The van der Waals surface area contributed by atoms with Crippen molar-refractivity contribution in [3.63, 3.8) is 0 Å². The van der Waals surface area contributed by atoms with Crippen LogP contribution in [-0.4, -0.2) is 61.2 Å². The van der Waals surface area contributed by atoms with Gasteiger partial charge in [0.25, 0.3) is 0 Å². The number of hydrogen-bond donors (Lipinski definition) is 1. The number of rotatable bonds is 3. The predicted octanol–water partition coefficient (Wildman–Crippen LogP) is -5.00. The Morgan fingerprint density at radius 3 is 1.82 bits per heavy atom. The van der Waals surface area contributed by atoms with E-state index in [-0.39, 0.29) is 43.2 Å². The molecular weight excluding hydrogens is 182 g/mol. The van der Waals surface area contributed by atoms with Crippen molar-refractivity contribution in [2.45, 2.75) is 12.5 Å². The monoisotopic (exact) mass is 189 g/mol. The Balaban J connectivity index is -0.000000320. The van der Waals surface area contributed by atoms with Crippen LogP contribution in [0.3, 0.4) is 0 Å². The first-order valence-corrected chi connectivity index (χ1v) is 2.20. The number of carbonyl (C=O) groups excluding carboxylic acids is 2. The number of aliphatic carboxylic acids is 2. The minimum atomic E-state index is -1.58. The topological polar surface area (TPSA) is 138 Å². The molecule has 0 spiro atoms. The van der Waals surface area contributed by atoms with Gasteiger partial charge in [-0.1, -0.05) is 0 Å². The molecule has 0 aliphatic heterocycles. The van der Waals surface area contributed by atoms with Crippen molar-refractivity contribution in [2.24, 2.45) is 5.73 Å². The summed E-state index contributed by atoms with van der Waals surface area (Å²) in [4.78, 5) is 19.3. The minimum absolute atomic E-state index is 0. The van der Waals surface area contributed by atoms with E-state index < -0.39 is 24.4 Å². The van der Waals surface area contributed by atoms with Gasteiger partial charge in [-0.05, 0) is 0 Å². The summed E-state index contributed by atoms with van der Waals surface area (Å²) in [7, 11) is 0. The zero-order valence-electron chi connectivity index (χ0n) is 5.70. The van der Waals surface area contributed by atoms with Crippen molar-refractivity contribution in [3.8, 4) is 0 Å². The summed E-state index contributed by atoms with van der Waals surface area (Å²) in [5.74, 6) is -3.08. The number of carboxylic acid groups (broad SMARTS) is 2. The van der Waals surface area contributed by atoms with E-state index in [9.17, 15) is 19.8 Å². The molecule has 0 aromatic rings. The van der Waals surface area contributed by atoms with Crippen molar-refractivity contribution in [1.29, 1.82) is 0 Å². The van der Waals surface area contributed by atoms with Crippen molar-refractivity contribution in [3.05, 3.63) is 0 Å². The zero-order valence-corrected chi connectivity index (χ0v) is 7.91. The molecule has 0 aromatic carbocycles. The first-order valence-electron chi connectivity index (χ1n) is 2.20. The van der Waals surface area contributed by atoms with Gasteiger partial charge in [-0.25, -0.2) is 0 Å². The van der Waals surface area contributed by atoms with E-state index in [1.165, 1.54) is 0 Å². The second kappa shape index (κ2) is 8.22. The molecule has 0 fully saturated rings. The average Bonchev–Trinajstić information content (AvgIpc) is 1.63. The van der Waals surface area contributed by atoms with Crippen LogP contribution in [0, 0.1) is 0 Å². The van der Waals surface area contributed by atoms with Gasteiger partial charge in [0.05, 0.1) is 5.97 Å². The molecule has 11 heavy (non-hydrogen) atoms. The van der Waals surface area contributed by atoms with Crippen molar-refractivity contribution in [2.75, 3.05) is 0 Å². The number of carbonyl (C=O) groups is 2. The largest absolute Gasteiger partial charge is 2.00 e. The molecule has 0 heterocycles. The molecule has 0 aromatic heterocycles. The van der Waals surface area contributed by atoms with Gasteiger partial charge in [0, 0.05) is 18.4 Å². The second-order valence-electron chi connectivity index (χ2n) is 1.50. The standard InChI is InChI=1S/C4H7NO4.Ca.H2O/c5-2(4(8)9)1-3(6)7;;/h2H,1,5H2,(H,6,7)(H,8,9);;1H2/q;+2;/p-2/t2-;;/m1../s1. The molecule has 0 unspecified atom stereocenters. The summed E-state index contributed by atoms with van der Waals surface area (Å²) >= 11 is 0. The molecular formula is C4H7CaNO5. The third kappa shape index (κ3) is 10.1. The molecule has 0 saturated carbocycles. The van der Waals surface area contributed by atoms with Crippen LogP contribution < -0.4 is 15.9 Å². The quantitative estimate of drug-likeness (QED) is 0.443. The molecule has 0 amide bonds. The fourth-order valence-electron chi connectivity index (χ4n) is 0.263. The van der Waals surface area contributed by atoms with Gasteiger partial charge in [0.15, 0.2) is 0 Å². The fourth-order valence-corrected chi connectivity index (χ4v) is 0.263. The third-order valence-corrected chi connectivity index (χ3v) is 0.689. The maximum Gasteiger partial charge on any atom is 2.00 e. The van der Waals surface area contributed by atoms with Crippen molar-refractivity contribution in [1.82, 2.24) is 0 Å². The molecule has 0 rings (SSSR count). The summed E-state index contributed by atoms with van der Waals surface area (Å²) in [6.07, 6.45) is -0.706. The van der Waals surface area contributed by atoms with E-state index in [1.807, 2.05) is 0 Å². The second-order valence-corrected chi connectivity index (χ2v) is 1.50. The summed E-state index contributed by atoms with van der Waals surface area (Å²) in [5.41, 5.74) is 4.73. The van der Waals surface area contributed by atoms with Gasteiger partial charge >= 0.3 is 37.7 Å². The van der Waals surface area contributed by atoms with Gasteiger partial charge < -0.3 is 31.0 Å². The number of hydrogen-bond acceptors (Lipinski definition) is 5. The molecule has 7 heteroatoms. The Morgan fingerprint density at radius 1 is 1.36 bits per heavy atom. The van der Waals surface area contributed by atoms with Gasteiger partial charge in [-0.3, -0.25) is 0 Å². The molecule has 0 bridgehead atoms. The maximum absolute atomic E-state index is 9.71. The Kier molecular flexibility index (Phi) is 12.9. The smallest absolute Gasteiger partial charge is 0.550 e. The van der Waals surface area contributed by atoms with E-state index >= 15 is 0 Å². The van der Waals surface area contributed by atoms with E-state index in [0.29, 0.717) is 0 Å². The average molecular weight is 189 g/mol.